The van der Waals surface area contributed by atoms with Crippen LogP contribution in [0.5, 0.6) is 0 Å². The Morgan fingerprint density at radius 2 is 1.84 bits per heavy atom. The first kappa shape index (κ1) is 22.5. The van der Waals surface area contributed by atoms with Gasteiger partial charge >= 0.3 is 11.9 Å². The van der Waals surface area contributed by atoms with E-state index in [1.165, 1.54) is 24.3 Å². The predicted molar refractivity (Wildman–Crippen MR) is 112 cm³/mol. The summed E-state index contributed by atoms with van der Waals surface area (Å²) in [5, 5.41) is 31.0. The van der Waals surface area contributed by atoms with Crippen molar-refractivity contribution in [1.29, 1.82) is 0 Å². The molecular formula is C20H21N5O7. The van der Waals surface area contributed by atoms with Gasteiger partial charge in [0.05, 0.1) is 11.5 Å². The Labute approximate surface area is 180 Å². The maximum Gasteiger partial charge on any atom is 0.326 e. The van der Waals surface area contributed by atoms with Gasteiger partial charge in [-0.2, -0.15) is 4.98 Å². The lowest BCUT2D eigenvalue weighted by Gasteiger charge is -2.14. The molecule has 3 rings (SSSR count). The molecule has 0 saturated heterocycles. The molecule has 0 spiro atoms. The standard InChI is InChI=1S/C20H21N5O7/c21-20-24-16-15(18(30)25-20)11(8-22-16)7-13(26)9-1-3-10(4-2-9)17(29)23-12(19(31)32)5-6-14(27)28/h1-4,8,12-13,26H,5-7H2,(H,23,29)(H,27,28)(H,31,32)(H4,21,22,24,25,30)/t12-,13?/m0/s1. The number of rotatable bonds is 9. The summed E-state index contributed by atoms with van der Waals surface area (Å²) in [6, 6.07) is 4.48. The number of nitrogens with two attached hydrogens (primary N) is 1. The van der Waals surface area contributed by atoms with Gasteiger partial charge in [0.1, 0.15) is 11.7 Å². The molecule has 1 unspecified atom stereocenters. The molecule has 2 aromatic heterocycles. The van der Waals surface area contributed by atoms with E-state index in [4.69, 9.17) is 15.9 Å². The summed E-state index contributed by atoms with van der Waals surface area (Å²) < 4.78 is 0. The number of aromatic amines is 2. The number of hydrogen-bond donors (Lipinski definition) is 7. The third-order valence-corrected chi connectivity index (χ3v) is 4.86. The Morgan fingerprint density at radius 1 is 1.16 bits per heavy atom. The monoisotopic (exact) mass is 443 g/mol. The van der Waals surface area contributed by atoms with E-state index in [0.717, 1.165) is 0 Å². The third kappa shape index (κ3) is 5.10. The van der Waals surface area contributed by atoms with Crippen molar-refractivity contribution >= 4 is 34.8 Å². The minimum Gasteiger partial charge on any atom is -0.481 e. The fourth-order valence-corrected chi connectivity index (χ4v) is 3.23. The summed E-state index contributed by atoms with van der Waals surface area (Å²) in [6.45, 7) is 0. The van der Waals surface area contributed by atoms with Crippen LogP contribution in [0.3, 0.4) is 0 Å². The smallest absolute Gasteiger partial charge is 0.326 e. The fourth-order valence-electron chi connectivity index (χ4n) is 3.23. The van der Waals surface area contributed by atoms with Crippen LogP contribution < -0.4 is 16.6 Å². The molecule has 3 aromatic rings. The van der Waals surface area contributed by atoms with Gasteiger partial charge in [-0.25, -0.2) is 4.79 Å². The van der Waals surface area contributed by atoms with Crippen molar-refractivity contribution in [2.75, 3.05) is 5.73 Å². The van der Waals surface area contributed by atoms with Gasteiger partial charge in [-0.05, 0) is 29.7 Å². The van der Waals surface area contributed by atoms with Crippen LogP contribution in [0, 0.1) is 0 Å². The summed E-state index contributed by atoms with van der Waals surface area (Å²) in [5.41, 5.74) is 6.53. The van der Waals surface area contributed by atoms with Crippen molar-refractivity contribution in [3.63, 3.8) is 0 Å². The Balaban J connectivity index is 1.70. The van der Waals surface area contributed by atoms with Crippen molar-refractivity contribution in [3.05, 3.63) is 57.5 Å². The van der Waals surface area contributed by atoms with E-state index >= 15 is 0 Å². The Kier molecular flexibility index (Phi) is 6.54. The molecule has 168 valence electrons. The highest BCUT2D eigenvalue weighted by molar-refractivity contribution is 5.96. The van der Waals surface area contributed by atoms with Crippen LogP contribution in [0.2, 0.25) is 0 Å². The molecular weight excluding hydrogens is 422 g/mol. The van der Waals surface area contributed by atoms with E-state index in [-0.39, 0.29) is 29.7 Å². The number of benzene rings is 1. The number of carbonyl (C=O) groups is 3. The third-order valence-electron chi connectivity index (χ3n) is 4.86. The van der Waals surface area contributed by atoms with Crippen LogP contribution in [0.1, 0.15) is 40.4 Å². The molecule has 32 heavy (non-hydrogen) atoms. The van der Waals surface area contributed by atoms with Gasteiger partial charge < -0.3 is 31.4 Å². The molecule has 2 atom stereocenters. The van der Waals surface area contributed by atoms with E-state index in [2.05, 4.69) is 20.3 Å². The molecule has 0 aliphatic carbocycles. The number of aliphatic carboxylic acids is 2. The number of hydrogen-bond acceptors (Lipinski definition) is 7. The van der Waals surface area contributed by atoms with E-state index in [1.807, 2.05) is 0 Å². The zero-order valence-electron chi connectivity index (χ0n) is 16.7. The lowest BCUT2D eigenvalue weighted by molar-refractivity contribution is -0.140. The number of carboxylic acid groups (broad SMARTS) is 2. The first-order chi connectivity index (χ1) is 15.2. The second-order valence-corrected chi connectivity index (χ2v) is 7.13. The first-order valence-electron chi connectivity index (χ1n) is 9.55. The van der Waals surface area contributed by atoms with Crippen LogP contribution in [0.25, 0.3) is 11.0 Å². The second-order valence-electron chi connectivity index (χ2n) is 7.13. The van der Waals surface area contributed by atoms with Crippen LogP contribution in [-0.4, -0.2) is 54.2 Å². The molecule has 12 nitrogen and oxygen atoms in total. The largest absolute Gasteiger partial charge is 0.481 e. The van der Waals surface area contributed by atoms with Crippen molar-refractivity contribution in [2.45, 2.75) is 31.4 Å². The highest BCUT2D eigenvalue weighted by atomic mass is 16.4. The minimum absolute atomic E-state index is 0.0292. The number of aliphatic hydroxyl groups is 1. The number of aromatic nitrogens is 3. The molecule has 0 fully saturated rings. The molecule has 1 aromatic carbocycles. The number of carbonyl (C=O) groups excluding carboxylic acids is 1. The van der Waals surface area contributed by atoms with Gasteiger partial charge in [-0.15, -0.1) is 0 Å². The normalized spacial score (nSPS) is 12.9. The van der Waals surface area contributed by atoms with Gasteiger partial charge in [0.2, 0.25) is 5.95 Å². The summed E-state index contributed by atoms with van der Waals surface area (Å²) in [6.07, 6.45) is 0.000703. The van der Waals surface area contributed by atoms with Crippen molar-refractivity contribution in [1.82, 2.24) is 20.3 Å². The minimum atomic E-state index is -1.34. The maximum atomic E-state index is 12.3. The highest BCUT2D eigenvalue weighted by Gasteiger charge is 2.22. The molecule has 0 radical (unpaired) electrons. The van der Waals surface area contributed by atoms with Gasteiger partial charge in [-0.1, -0.05) is 12.1 Å². The molecule has 0 aliphatic heterocycles. The number of aliphatic hydroxyl groups excluding tert-OH is 1. The number of nitrogens with zero attached hydrogens (tertiary/aromatic N) is 1. The van der Waals surface area contributed by atoms with Crippen molar-refractivity contribution in [3.8, 4) is 0 Å². The highest BCUT2D eigenvalue weighted by Crippen LogP contribution is 2.22. The van der Waals surface area contributed by atoms with Crippen LogP contribution in [0.15, 0.2) is 35.3 Å². The number of carboxylic acids is 2. The number of nitrogens with one attached hydrogen (secondary N) is 3. The zero-order chi connectivity index (χ0) is 23.4. The summed E-state index contributed by atoms with van der Waals surface area (Å²) in [4.78, 5) is 55.6. The Bertz CT molecular complexity index is 1220. The molecule has 0 bridgehead atoms. The number of nitrogen functional groups attached to an aromatic ring is 1. The lowest BCUT2D eigenvalue weighted by atomic mass is 10.0. The second kappa shape index (κ2) is 9.31. The fraction of sp³-hybridized carbons (Fsp3) is 0.250. The first-order valence-corrected chi connectivity index (χ1v) is 9.55. The van der Waals surface area contributed by atoms with Crippen LogP contribution in [-0.2, 0) is 16.0 Å². The van der Waals surface area contributed by atoms with Gasteiger partial charge in [0.15, 0.2) is 0 Å². The quantitative estimate of drug-likeness (QED) is 0.239. The topological polar surface area (TPSA) is 211 Å². The number of amides is 1. The van der Waals surface area contributed by atoms with E-state index in [0.29, 0.717) is 16.8 Å². The van der Waals surface area contributed by atoms with Gasteiger partial charge in [0.25, 0.3) is 11.5 Å². The summed E-state index contributed by atoms with van der Waals surface area (Å²) in [5.74, 6) is -3.22. The SMILES string of the molecule is Nc1nc2[nH]cc(CC(O)c3ccc(C(=O)N[C@@H](CCC(=O)O)C(=O)O)cc3)c2c(=O)[nH]1. The number of H-pyrrole nitrogens is 2. The maximum absolute atomic E-state index is 12.3. The predicted octanol–water partition coefficient (Wildman–Crippen LogP) is 0.157. The zero-order valence-corrected chi connectivity index (χ0v) is 16.7. The molecule has 0 aliphatic rings. The molecule has 2 heterocycles. The number of anilines is 1. The molecule has 12 heteroatoms. The van der Waals surface area contributed by atoms with E-state index in [9.17, 15) is 24.3 Å². The van der Waals surface area contributed by atoms with Crippen LogP contribution in [0.4, 0.5) is 5.95 Å². The van der Waals surface area contributed by atoms with Crippen LogP contribution >= 0.6 is 0 Å². The average Bonchev–Trinajstić information content (AvgIpc) is 3.13. The van der Waals surface area contributed by atoms with E-state index in [1.54, 1.807) is 6.20 Å². The summed E-state index contributed by atoms with van der Waals surface area (Å²) in [7, 11) is 0. The molecule has 8 N–H and O–H groups in total. The Hall–Kier alpha value is -4.19. The Morgan fingerprint density at radius 3 is 2.47 bits per heavy atom. The van der Waals surface area contributed by atoms with Crippen molar-refractivity contribution < 1.29 is 29.7 Å². The van der Waals surface area contributed by atoms with Gasteiger partial charge in [0, 0.05) is 24.6 Å². The lowest BCUT2D eigenvalue weighted by Crippen LogP contribution is -2.41. The average molecular weight is 443 g/mol. The molecule has 0 saturated carbocycles. The summed E-state index contributed by atoms with van der Waals surface area (Å²) >= 11 is 0. The number of fused-ring (bicyclic) bond motifs is 1. The molecule has 1 amide bonds. The van der Waals surface area contributed by atoms with Crippen molar-refractivity contribution in [2.24, 2.45) is 0 Å². The van der Waals surface area contributed by atoms with E-state index < -0.39 is 42.0 Å². The van der Waals surface area contributed by atoms with Gasteiger partial charge in [-0.3, -0.25) is 19.4 Å².